The Bertz CT molecular complexity index is 1320. The first-order valence-electron chi connectivity index (χ1n) is 9.92. The Morgan fingerprint density at radius 3 is 2.65 bits per heavy atom. The lowest BCUT2D eigenvalue weighted by Crippen LogP contribution is -2.40. The number of furan rings is 1. The number of ether oxygens (including phenoxy) is 1. The number of anilines is 1. The van der Waals surface area contributed by atoms with Gasteiger partial charge in [-0.25, -0.2) is 4.39 Å². The molecule has 2 aromatic heterocycles. The molecule has 1 fully saturated rings. The number of carbonyl (C=O) groups excluding carboxylic acids is 2. The van der Waals surface area contributed by atoms with Crippen LogP contribution < -0.4 is 5.32 Å². The molecule has 6 nitrogen and oxygen atoms in total. The highest BCUT2D eigenvalue weighted by Gasteiger charge is 2.28. The molecule has 0 aliphatic carbocycles. The third kappa shape index (κ3) is 3.37. The van der Waals surface area contributed by atoms with Crippen molar-refractivity contribution < 1.29 is 23.1 Å². The maximum atomic E-state index is 14.3. The van der Waals surface area contributed by atoms with Gasteiger partial charge >= 0.3 is 0 Å². The predicted molar refractivity (Wildman–Crippen MR) is 117 cm³/mol. The molecule has 5 rings (SSSR count). The van der Waals surface area contributed by atoms with E-state index in [-0.39, 0.29) is 17.5 Å². The van der Waals surface area contributed by atoms with Crippen molar-refractivity contribution in [2.45, 2.75) is 6.92 Å². The fourth-order valence-electron chi connectivity index (χ4n) is 3.87. The van der Waals surface area contributed by atoms with Crippen LogP contribution in [-0.2, 0) is 4.74 Å². The van der Waals surface area contributed by atoms with E-state index in [0.29, 0.717) is 63.5 Å². The number of para-hydroxylation sites is 1. The molecular formula is C23H19FN2O4S. The highest BCUT2D eigenvalue weighted by molar-refractivity contribution is 7.21. The first-order chi connectivity index (χ1) is 15.0. The van der Waals surface area contributed by atoms with Gasteiger partial charge in [0.05, 0.1) is 18.1 Å². The summed E-state index contributed by atoms with van der Waals surface area (Å²) in [5, 5.41) is 3.95. The summed E-state index contributed by atoms with van der Waals surface area (Å²) in [6, 6.07) is 12.0. The standard InChI is InChI=1S/C23H19FN2O4S/c1-13-18-15(24)6-4-8-17(18)31-21(13)22(27)25-19-14-5-2-3-7-16(14)30-20(19)23(28)26-9-11-29-12-10-26/h2-8H,9-12H2,1H3,(H,25,27). The number of thiophene rings is 1. The second-order valence-electron chi connectivity index (χ2n) is 7.33. The van der Waals surface area contributed by atoms with Gasteiger partial charge in [0.15, 0.2) is 0 Å². The second-order valence-corrected chi connectivity index (χ2v) is 8.38. The van der Waals surface area contributed by atoms with Crippen LogP contribution in [0.4, 0.5) is 10.1 Å². The third-order valence-electron chi connectivity index (χ3n) is 5.44. The molecule has 0 radical (unpaired) electrons. The van der Waals surface area contributed by atoms with Crippen molar-refractivity contribution in [1.29, 1.82) is 0 Å². The van der Waals surface area contributed by atoms with E-state index in [1.54, 1.807) is 42.2 Å². The third-order valence-corrected chi connectivity index (χ3v) is 6.69. The fraction of sp³-hybridized carbons (Fsp3) is 0.217. The molecule has 0 saturated carbocycles. The van der Waals surface area contributed by atoms with Gasteiger partial charge in [-0.15, -0.1) is 11.3 Å². The lowest BCUT2D eigenvalue weighted by atomic mass is 10.1. The molecule has 2 aromatic carbocycles. The average Bonchev–Trinajstić information content (AvgIpc) is 3.33. The summed E-state index contributed by atoms with van der Waals surface area (Å²) >= 11 is 1.22. The van der Waals surface area contributed by atoms with Gasteiger partial charge in [0.2, 0.25) is 5.76 Å². The monoisotopic (exact) mass is 438 g/mol. The van der Waals surface area contributed by atoms with E-state index in [0.717, 1.165) is 0 Å². The topological polar surface area (TPSA) is 71.8 Å². The molecule has 4 aromatic rings. The molecule has 1 saturated heterocycles. The molecule has 1 N–H and O–H groups in total. The Hall–Kier alpha value is -3.23. The zero-order valence-electron chi connectivity index (χ0n) is 16.7. The number of hydrogen-bond acceptors (Lipinski definition) is 5. The van der Waals surface area contributed by atoms with E-state index in [1.807, 2.05) is 6.07 Å². The summed E-state index contributed by atoms with van der Waals surface area (Å²) in [5.74, 6) is -0.974. The maximum absolute atomic E-state index is 14.3. The van der Waals surface area contributed by atoms with Crippen molar-refractivity contribution >= 4 is 49.9 Å². The van der Waals surface area contributed by atoms with E-state index in [2.05, 4.69) is 5.32 Å². The zero-order chi connectivity index (χ0) is 21.5. The van der Waals surface area contributed by atoms with Crippen molar-refractivity contribution in [3.05, 3.63) is 64.5 Å². The molecule has 31 heavy (non-hydrogen) atoms. The molecule has 0 spiro atoms. The molecule has 0 atom stereocenters. The van der Waals surface area contributed by atoms with Gasteiger partial charge in [-0.05, 0) is 36.8 Å². The molecule has 0 bridgehead atoms. The van der Waals surface area contributed by atoms with Gasteiger partial charge in [0.25, 0.3) is 11.8 Å². The van der Waals surface area contributed by atoms with Crippen molar-refractivity contribution in [1.82, 2.24) is 4.90 Å². The van der Waals surface area contributed by atoms with Gasteiger partial charge in [-0.1, -0.05) is 18.2 Å². The molecule has 1 aliphatic rings. The largest absolute Gasteiger partial charge is 0.449 e. The summed E-state index contributed by atoms with van der Waals surface area (Å²) in [4.78, 5) is 28.4. The number of carbonyl (C=O) groups is 2. The molecule has 2 amide bonds. The number of fused-ring (bicyclic) bond motifs is 2. The van der Waals surface area contributed by atoms with Crippen LogP contribution in [0.15, 0.2) is 46.9 Å². The molecule has 3 heterocycles. The van der Waals surface area contributed by atoms with Crippen molar-refractivity contribution in [3.63, 3.8) is 0 Å². The minimum atomic E-state index is -0.402. The number of morpholine rings is 1. The summed E-state index contributed by atoms with van der Waals surface area (Å²) in [6.45, 7) is 3.56. The Morgan fingerprint density at radius 2 is 1.87 bits per heavy atom. The number of nitrogens with zero attached hydrogens (tertiary/aromatic N) is 1. The van der Waals surface area contributed by atoms with Gasteiger partial charge in [0, 0.05) is 28.6 Å². The normalized spacial score (nSPS) is 14.3. The Kier molecular flexibility index (Phi) is 4.95. The number of nitrogens with one attached hydrogen (secondary N) is 1. The highest BCUT2D eigenvalue weighted by atomic mass is 32.1. The lowest BCUT2D eigenvalue weighted by molar-refractivity contribution is 0.0285. The van der Waals surface area contributed by atoms with Crippen LogP contribution in [-0.4, -0.2) is 43.0 Å². The number of benzene rings is 2. The van der Waals surface area contributed by atoms with E-state index >= 15 is 0 Å². The van der Waals surface area contributed by atoms with Crippen molar-refractivity contribution in [3.8, 4) is 0 Å². The van der Waals surface area contributed by atoms with Crippen LogP contribution in [0.2, 0.25) is 0 Å². The molecule has 1 aliphatic heterocycles. The summed E-state index contributed by atoms with van der Waals surface area (Å²) in [7, 11) is 0. The number of aryl methyl sites for hydroxylation is 1. The number of hydrogen-bond donors (Lipinski definition) is 1. The van der Waals surface area contributed by atoms with Crippen molar-refractivity contribution in [2.24, 2.45) is 0 Å². The van der Waals surface area contributed by atoms with Crippen LogP contribution in [0.5, 0.6) is 0 Å². The molecule has 0 unspecified atom stereocenters. The number of rotatable bonds is 3. The number of amides is 2. The summed E-state index contributed by atoms with van der Waals surface area (Å²) in [6.07, 6.45) is 0. The maximum Gasteiger partial charge on any atom is 0.291 e. The minimum absolute atomic E-state index is 0.0846. The predicted octanol–water partition coefficient (Wildman–Crippen LogP) is 4.82. The zero-order valence-corrected chi connectivity index (χ0v) is 17.6. The smallest absolute Gasteiger partial charge is 0.291 e. The first-order valence-corrected chi connectivity index (χ1v) is 10.7. The van der Waals surface area contributed by atoms with Crippen LogP contribution in [0.25, 0.3) is 21.1 Å². The van der Waals surface area contributed by atoms with Gasteiger partial charge in [-0.3, -0.25) is 9.59 Å². The fourth-order valence-corrected chi connectivity index (χ4v) is 4.99. The Morgan fingerprint density at radius 1 is 1.10 bits per heavy atom. The van der Waals surface area contributed by atoms with Gasteiger partial charge in [-0.2, -0.15) is 0 Å². The lowest BCUT2D eigenvalue weighted by Gasteiger charge is -2.26. The van der Waals surface area contributed by atoms with Crippen molar-refractivity contribution in [2.75, 3.05) is 31.6 Å². The van der Waals surface area contributed by atoms with E-state index in [4.69, 9.17) is 9.15 Å². The van der Waals surface area contributed by atoms with Gasteiger partial charge in [0.1, 0.15) is 17.1 Å². The summed E-state index contributed by atoms with van der Waals surface area (Å²) in [5.41, 5.74) is 1.41. The van der Waals surface area contributed by atoms with E-state index in [9.17, 15) is 14.0 Å². The average molecular weight is 438 g/mol. The highest BCUT2D eigenvalue weighted by Crippen LogP contribution is 2.36. The van der Waals surface area contributed by atoms with Crippen LogP contribution in [0.1, 0.15) is 25.8 Å². The second kappa shape index (κ2) is 7.79. The Balaban J connectivity index is 1.55. The van der Waals surface area contributed by atoms with E-state index in [1.165, 1.54) is 17.4 Å². The summed E-state index contributed by atoms with van der Waals surface area (Å²) < 4.78 is 26.2. The Labute approximate surface area is 181 Å². The number of halogens is 1. The SMILES string of the molecule is Cc1c(C(=O)Nc2c(C(=O)N3CCOCC3)oc3ccccc23)sc2cccc(F)c12. The van der Waals surface area contributed by atoms with Crippen LogP contribution >= 0.6 is 11.3 Å². The quantitative estimate of drug-likeness (QED) is 0.498. The molecule has 8 heteroatoms. The first kappa shape index (κ1) is 19.7. The molecule has 158 valence electrons. The minimum Gasteiger partial charge on any atom is -0.449 e. The van der Waals surface area contributed by atoms with E-state index < -0.39 is 5.91 Å². The van der Waals surface area contributed by atoms with Crippen LogP contribution in [0.3, 0.4) is 0 Å². The van der Waals surface area contributed by atoms with Crippen LogP contribution in [0, 0.1) is 12.7 Å². The van der Waals surface area contributed by atoms with Gasteiger partial charge < -0.3 is 19.4 Å². The molecular weight excluding hydrogens is 419 g/mol.